The van der Waals surface area contributed by atoms with Gasteiger partial charge in [-0.3, -0.25) is 0 Å². The van der Waals surface area contributed by atoms with Crippen LogP contribution in [0.15, 0.2) is 12.2 Å². The summed E-state index contributed by atoms with van der Waals surface area (Å²) in [5.74, 6) is 2.09. The highest BCUT2D eigenvalue weighted by Crippen LogP contribution is 2.38. The summed E-state index contributed by atoms with van der Waals surface area (Å²) in [5.41, 5.74) is 0. The molecule has 0 rings (SSSR count). The predicted molar refractivity (Wildman–Crippen MR) is 48.7 cm³/mol. The Balaban J connectivity index is 4.81. The Labute approximate surface area is 78.2 Å². The molecule has 0 saturated heterocycles. The van der Waals surface area contributed by atoms with Crippen molar-refractivity contribution in [3.05, 3.63) is 12.2 Å². The zero-order valence-electron chi connectivity index (χ0n) is 6.76. The smallest absolute Gasteiger partial charge is 0.462 e. The maximum Gasteiger partial charge on any atom is 0.697 e. The summed E-state index contributed by atoms with van der Waals surface area (Å²) in [6, 6.07) is 0. The molecule has 0 aromatic heterocycles. The van der Waals surface area contributed by atoms with E-state index < -0.39 is 22.4 Å². The summed E-state index contributed by atoms with van der Waals surface area (Å²) in [6.07, 6.45) is 4.31. The highest BCUT2D eigenvalue weighted by Gasteiger charge is 2.36. The molecule has 0 radical (unpaired) electrons. The van der Waals surface area contributed by atoms with Gasteiger partial charge in [0, 0.05) is 4.57 Å². The second kappa shape index (κ2) is 6.04. The van der Waals surface area contributed by atoms with E-state index in [1.54, 1.807) is 6.92 Å². The Morgan fingerprint density at radius 1 is 1.69 bits per heavy atom. The minimum absolute atomic E-state index is 0.861. The largest absolute Gasteiger partial charge is 0.697 e. The molecular formula is C6H9O5P2+. The SMILES string of the molecule is CC=CC(C#CO)(O[P+](=O)O)PO. The molecule has 0 aliphatic rings. The Kier molecular flexibility index (Phi) is 5.81. The molecule has 0 bridgehead atoms. The van der Waals surface area contributed by atoms with E-state index in [9.17, 15) is 4.57 Å². The van der Waals surface area contributed by atoms with Gasteiger partial charge in [-0.25, -0.2) is 0 Å². The van der Waals surface area contributed by atoms with Crippen molar-refractivity contribution in [2.24, 2.45) is 0 Å². The van der Waals surface area contributed by atoms with Gasteiger partial charge >= 0.3 is 8.25 Å². The van der Waals surface area contributed by atoms with Gasteiger partial charge in [-0.15, -0.1) is 4.89 Å². The van der Waals surface area contributed by atoms with Crippen molar-refractivity contribution in [2.75, 3.05) is 0 Å². The molecule has 0 amide bonds. The van der Waals surface area contributed by atoms with Gasteiger partial charge in [-0.1, -0.05) is 10.6 Å². The van der Waals surface area contributed by atoms with Crippen LogP contribution in [-0.4, -0.2) is 20.2 Å². The topological polar surface area (TPSA) is 87.0 Å². The maximum absolute atomic E-state index is 10.4. The summed E-state index contributed by atoms with van der Waals surface area (Å²) < 4.78 is 14.8. The summed E-state index contributed by atoms with van der Waals surface area (Å²) in [4.78, 5) is 17.4. The van der Waals surface area contributed by atoms with Crippen molar-refractivity contribution >= 4 is 17.1 Å². The molecule has 3 unspecified atom stereocenters. The van der Waals surface area contributed by atoms with Crippen LogP contribution >= 0.6 is 17.1 Å². The first-order valence-corrected chi connectivity index (χ1v) is 5.24. The van der Waals surface area contributed by atoms with E-state index in [-0.39, 0.29) is 0 Å². The van der Waals surface area contributed by atoms with Crippen LogP contribution in [-0.2, 0) is 9.09 Å². The zero-order valence-corrected chi connectivity index (χ0v) is 8.65. The number of hydrogen-bond acceptors (Lipinski definition) is 4. The molecule has 5 nitrogen and oxygen atoms in total. The summed E-state index contributed by atoms with van der Waals surface area (Å²) in [5, 5.41) is 6.74. The van der Waals surface area contributed by atoms with E-state index in [0.717, 1.165) is 0 Å². The minimum atomic E-state index is -2.89. The van der Waals surface area contributed by atoms with Crippen molar-refractivity contribution in [3.8, 4) is 12.0 Å². The molecule has 0 heterocycles. The number of aliphatic hydroxyl groups excluding tert-OH is 1. The third kappa shape index (κ3) is 4.33. The molecule has 7 heteroatoms. The van der Waals surface area contributed by atoms with E-state index in [2.05, 4.69) is 10.4 Å². The van der Waals surface area contributed by atoms with E-state index in [1.165, 1.54) is 18.3 Å². The van der Waals surface area contributed by atoms with Crippen LogP contribution in [0, 0.1) is 12.0 Å². The number of allylic oxidation sites excluding steroid dienone is 1. The summed E-state index contributed by atoms with van der Waals surface area (Å²) in [7, 11) is -3.75. The highest BCUT2D eigenvalue weighted by atomic mass is 31.1. The Morgan fingerprint density at radius 3 is 2.62 bits per heavy atom. The van der Waals surface area contributed by atoms with Gasteiger partial charge in [-0.05, 0) is 18.9 Å². The van der Waals surface area contributed by atoms with Gasteiger partial charge in [0.05, 0.1) is 8.81 Å². The van der Waals surface area contributed by atoms with Gasteiger partial charge in [0.25, 0.3) is 0 Å². The van der Waals surface area contributed by atoms with Crippen LogP contribution in [0.2, 0.25) is 0 Å². The fourth-order valence-electron chi connectivity index (χ4n) is 0.621. The van der Waals surface area contributed by atoms with Crippen LogP contribution in [0.3, 0.4) is 0 Å². The van der Waals surface area contributed by atoms with E-state index in [4.69, 9.17) is 14.9 Å². The zero-order chi connectivity index (χ0) is 10.3. The first-order valence-electron chi connectivity index (χ1n) is 3.17. The second-order valence-corrected chi connectivity index (χ2v) is 3.54. The average molecular weight is 223 g/mol. The normalized spacial score (nSPS) is 17.0. The van der Waals surface area contributed by atoms with Crippen molar-refractivity contribution < 1.29 is 24.0 Å². The summed E-state index contributed by atoms with van der Waals surface area (Å²) in [6.45, 7) is 1.63. The molecular weight excluding hydrogens is 214 g/mol. The Bertz CT molecular complexity index is 266. The number of aliphatic hydroxyl groups is 1. The molecule has 3 atom stereocenters. The Morgan fingerprint density at radius 2 is 2.31 bits per heavy atom. The van der Waals surface area contributed by atoms with Crippen LogP contribution in [0.5, 0.6) is 0 Å². The highest BCUT2D eigenvalue weighted by molar-refractivity contribution is 7.37. The molecule has 0 aromatic carbocycles. The molecule has 0 spiro atoms. The lowest BCUT2D eigenvalue weighted by atomic mass is 10.3. The lowest BCUT2D eigenvalue weighted by Crippen LogP contribution is -2.18. The van der Waals surface area contributed by atoms with Crippen molar-refractivity contribution in [3.63, 3.8) is 0 Å². The van der Waals surface area contributed by atoms with Crippen LogP contribution in [0.4, 0.5) is 0 Å². The third-order valence-corrected chi connectivity index (χ3v) is 2.37. The molecule has 13 heavy (non-hydrogen) atoms. The average Bonchev–Trinajstić information content (AvgIpc) is 2.04. The van der Waals surface area contributed by atoms with E-state index in [1.807, 2.05) is 0 Å². The first-order chi connectivity index (χ1) is 6.10. The van der Waals surface area contributed by atoms with E-state index >= 15 is 0 Å². The van der Waals surface area contributed by atoms with E-state index in [0.29, 0.717) is 0 Å². The maximum atomic E-state index is 10.4. The van der Waals surface area contributed by atoms with Gasteiger partial charge in [0.15, 0.2) is 0 Å². The van der Waals surface area contributed by atoms with Gasteiger partial charge in [-0.2, -0.15) is 0 Å². The van der Waals surface area contributed by atoms with Crippen molar-refractivity contribution in [1.29, 1.82) is 0 Å². The molecule has 0 fully saturated rings. The minimum Gasteiger partial charge on any atom is -0.462 e. The standard InChI is InChI=1S/C6H8O5P2/c1-2-3-6(12-8,4-5-7)11-13(9)10/h2-3,8,12H,1H3,(H-,7,9,10)/p+1. The van der Waals surface area contributed by atoms with Crippen molar-refractivity contribution in [2.45, 2.75) is 12.3 Å². The quantitative estimate of drug-likeness (QED) is 0.373. The van der Waals surface area contributed by atoms with Gasteiger partial charge in [0.2, 0.25) is 5.34 Å². The number of rotatable bonds is 4. The molecule has 72 valence electrons. The van der Waals surface area contributed by atoms with Crippen LogP contribution in [0.1, 0.15) is 6.92 Å². The number of hydrogen-bond donors (Lipinski definition) is 3. The van der Waals surface area contributed by atoms with Gasteiger partial charge < -0.3 is 10.00 Å². The molecule has 0 saturated carbocycles. The lowest BCUT2D eigenvalue weighted by molar-refractivity contribution is 0.236. The van der Waals surface area contributed by atoms with Gasteiger partial charge in [0.1, 0.15) is 6.11 Å². The van der Waals surface area contributed by atoms with Crippen LogP contribution < -0.4 is 0 Å². The molecule has 0 aliphatic carbocycles. The molecule has 3 N–H and O–H groups in total. The molecule has 0 aliphatic heterocycles. The van der Waals surface area contributed by atoms with Crippen LogP contribution in [0.25, 0.3) is 0 Å². The fraction of sp³-hybridized carbons (Fsp3) is 0.333. The summed E-state index contributed by atoms with van der Waals surface area (Å²) >= 11 is 0. The first kappa shape index (κ1) is 12.5. The predicted octanol–water partition coefficient (Wildman–Crippen LogP) is 0.844. The molecule has 0 aromatic rings. The Hall–Kier alpha value is -0.490. The third-order valence-electron chi connectivity index (χ3n) is 1.03. The van der Waals surface area contributed by atoms with Crippen molar-refractivity contribution in [1.82, 2.24) is 0 Å². The monoisotopic (exact) mass is 223 g/mol. The second-order valence-electron chi connectivity index (χ2n) is 1.91. The fourth-order valence-corrected chi connectivity index (χ4v) is 1.72. The lowest BCUT2D eigenvalue weighted by Gasteiger charge is -2.11.